The minimum absolute atomic E-state index is 0. The minimum Gasteiger partial charge on any atom is -0.318 e. The summed E-state index contributed by atoms with van der Waals surface area (Å²) in [6, 6.07) is 1.81. The molecule has 1 aromatic heterocycles. The molecule has 0 radical (unpaired) electrons. The van der Waals surface area contributed by atoms with E-state index in [2.05, 4.69) is 6.92 Å². The molecule has 0 amide bonds. The number of rotatable bonds is 9. The second kappa shape index (κ2) is 11.2. The molecule has 2 nitrogen and oxygen atoms in total. The first-order valence-electron chi connectivity index (χ1n) is 7.50. The Morgan fingerprint density at radius 3 is 2.20 bits per heavy atom. The van der Waals surface area contributed by atoms with Crippen LogP contribution >= 0.6 is 24.0 Å². The van der Waals surface area contributed by atoms with E-state index in [1.54, 1.807) is 17.8 Å². The van der Waals surface area contributed by atoms with Crippen LogP contribution in [0.25, 0.3) is 0 Å². The highest BCUT2D eigenvalue weighted by Gasteiger charge is 2.06. The molecular formula is C16H27Cl2NO. The molecular weight excluding hydrogens is 293 g/mol. The Morgan fingerprint density at radius 1 is 1.05 bits per heavy atom. The van der Waals surface area contributed by atoms with Crippen molar-refractivity contribution >= 4 is 24.0 Å². The maximum Gasteiger partial charge on any atom is 0.254 e. The van der Waals surface area contributed by atoms with Gasteiger partial charge in [-0.3, -0.25) is 4.79 Å². The van der Waals surface area contributed by atoms with Crippen molar-refractivity contribution in [3.63, 3.8) is 0 Å². The van der Waals surface area contributed by atoms with Crippen LogP contribution < -0.4 is 5.56 Å². The predicted octanol–water partition coefficient (Wildman–Crippen LogP) is 5.14. The molecule has 1 aromatic rings. The summed E-state index contributed by atoms with van der Waals surface area (Å²) < 4.78 is 1.60. The normalized spacial score (nSPS) is 10.3. The molecule has 20 heavy (non-hydrogen) atoms. The SMILES string of the molecule is CCCCCCCCCCc1c(Cl)ccn(C)c1=O.Cl. The van der Waals surface area contributed by atoms with Crippen molar-refractivity contribution in [2.24, 2.45) is 7.05 Å². The lowest BCUT2D eigenvalue weighted by molar-refractivity contribution is 0.574. The number of unbranched alkanes of at least 4 members (excludes halogenated alkanes) is 7. The van der Waals surface area contributed by atoms with Crippen molar-refractivity contribution in [3.05, 3.63) is 33.2 Å². The molecule has 0 aromatic carbocycles. The number of hydrogen-bond donors (Lipinski definition) is 0. The third-order valence-corrected chi connectivity index (χ3v) is 3.95. The number of pyridine rings is 1. The van der Waals surface area contributed by atoms with Gasteiger partial charge in [0.2, 0.25) is 0 Å². The molecule has 1 rings (SSSR count). The fraction of sp³-hybridized carbons (Fsp3) is 0.688. The Bertz CT molecular complexity index is 429. The lowest BCUT2D eigenvalue weighted by Gasteiger charge is -2.06. The van der Waals surface area contributed by atoms with E-state index in [1.807, 2.05) is 6.07 Å². The lowest BCUT2D eigenvalue weighted by atomic mass is 10.0. The summed E-state index contributed by atoms with van der Waals surface area (Å²) in [7, 11) is 1.77. The summed E-state index contributed by atoms with van der Waals surface area (Å²) >= 11 is 6.09. The van der Waals surface area contributed by atoms with Crippen LogP contribution in [0.15, 0.2) is 17.1 Å². The summed E-state index contributed by atoms with van der Waals surface area (Å²) in [6.07, 6.45) is 12.8. The largest absolute Gasteiger partial charge is 0.318 e. The Hall–Kier alpha value is -0.470. The molecule has 0 saturated carbocycles. The van der Waals surface area contributed by atoms with Gasteiger partial charge in [0.1, 0.15) is 0 Å². The monoisotopic (exact) mass is 319 g/mol. The zero-order valence-electron chi connectivity index (χ0n) is 12.7. The summed E-state index contributed by atoms with van der Waals surface area (Å²) in [5.74, 6) is 0. The Balaban J connectivity index is 0.00000361. The first kappa shape index (κ1) is 19.5. The van der Waals surface area contributed by atoms with Crippen LogP contribution in [-0.2, 0) is 13.5 Å². The molecule has 116 valence electrons. The summed E-state index contributed by atoms with van der Waals surface area (Å²) in [4.78, 5) is 11.9. The van der Waals surface area contributed by atoms with Gasteiger partial charge >= 0.3 is 0 Å². The fourth-order valence-electron chi connectivity index (χ4n) is 2.32. The highest BCUT2D eigenvalue weighted by atomic mass is 35.5. The third-order valence-electron chi connectivity index (χ3n) is 3.59. The molecule has 0 saturated heterocycles. The van der Waals surface area contributed by atoms with Gasteiger partial charge in [0, 0.05) is 18.8 Å². The molecule has 0 unspecified atom stereocenters. The van der Waals surface area contributed by atoms with E-state index in [1.165, 1.54) is 44.9 Å². The molecule has 0 spiro atoms. The predicted molar refractivity (Wildman–Crippen MR) is 90.3 cm³/mol. The molecule has 0 N–H and O–H groups in total. The standard InChI is InChI=1S/C16H26ClNO.ClH/c1-3-4-5-6-7-8-9-10-11-14-15(17)12-13-18(2)16(14)19;/h12-13H,3-11H2,1-2H3;1H. The third kappa shape index (κ3) is 6.81. The quantitative estimate of drug-likeness (QED) is 0.577. The van der Waals surface area contributed by atoms with E-state index in [-0.39, 0.29) is 18.0 Å². The Morgan fingerprint density at radius 2 is 1.60 bits per heavy atom. The zero-order chi connectivity index (χ0) is 14.1. The van der Waals surface area contributed by atoms with E-state index in [0.29, 0.717) is 5.02 Å². The second-order valence-corrected chi connectivity index (χ2v) is 5.69. The van der Waals surface area contributed by atoms with Gasteiger partial charge in [-0.05, 0) is 18.9 Å². The maximum absolute atomic E-state index is 11.9. The van der Waals surface area contributed by atoms with Gasteiger partial charge in [-0.25, -0.2) is 0 Å². The molecule has 0 aliphatic rings. The van der Waals surface area contributed by atoms with Crippen molar-refractivity contribution in [3.8, 4) is 0 Å². The first-order valence-corrected chi connectivity index (χ1v) is 7.88. The van der Waals surface area contributed by atoms with E-state index < -0.39 is 0 Å². The van der Waals surface area contributed by atoms with Crippen molar-refractivity contribution in [1.29, 1.82) is 0 Å². The average Bonchev–Trinajstić information content (AvgIpc) is 2.40. The topological polar surface area (TPSA) is 22.0 Å². The van der Waals surface area contributed by atoms with Crippen LogP contribution in [0.1, 0.15) is 63.9 Å². The maximum atomic E-state index is 11.9. The molecule has 1 heterocycles. The van der Waals surface area contributed by atoms with Gasteiger partial charge in [0.05, 0.1) is 5.02 Å². The van der Waals surface area contributed by atoms with Crippen LogP contribution in [0, 0.1) is 0 Å². The summed E-state index contributed by atoms with van der Waals surface area (Å²) in [5.41, 5.74) is 0.827. The fourth-order valence-corrected chi connectivity index (χ4v) is 2.55. The molecule has 4 heteroatoms. The van der Waals surface area contributed by atoms with E-state index in [0.717, 1.165) is 18.4 Å². The van der Waals surface area contributed by atoms with Gasteiger partial charge in [-0.2, -0.15) is 0 Å². The highest BCUT2D eigenvalue weighted by molar-refractivity contribution is 6.31. The zero-order valence-corrected chi connectivity index (χ0v) is 14.2. The van der Waals surface area contributed by atoms with E-state index in [4.69, 9.17) is 11.6 Å². The number of aryl methyl sites for hydroxylation is 1. The van der Waals surface area contributed by atoms with E-state index in [9.17, 15) is 4.79 Å². The van der Waals surface area contributed by atoms with Crippen LogP contribution in [-0.4, -0.2) is 4.57 Å². The van der Waals surface area contributed by atoms with Crippen LogP contribution in [0.2, 0.25) is 5.02 Å². The Labute approximate surface area is 133 Å². The van der Waals surface area contributed by atoms with Crippen molar-refractivity contribution in [2.45, 2.75) is 64.7 Å². The first-order chi connectivity index (χ1) is 9.16. The number of hydrogen-bond acceptors (Lipinski definition) is 1. The van der Waals surface area contributed by atoms with Gasteiger partial charge in [-0.15, -0.1) is 12.4 Å². The van der Waals surface area contributed by atoms with Crippen LogP contribution in [0.3, 0.4) is 0 Å². The van der Waals surface area contributed by atoms with Crippen LogP contribution in [0.4, 0.5) is 0 Å². The Kier molecular flexibility index (Phi) is 11.0. The number of nitrogens with zero attached hydrogens (tertiary/aromatic N) is 1. The molecule has 0 aliphatic heterocycles. The summed E-state index contributed by atoms with van der Waals surface area (Å²) in [5, 5.41) is 0.617. The van der Waals surface area contributed by atoms with Gasteiger partial charge in [0.25, 0.3) is 5.56 Å². The van der Waals surface area contributed by atoms with Crippen molar-refractivity contribution in [2.75, 3.05) is 0 Å². The lowest BCUT2D eigenvalue weighted by Crippen LogP contribution is -2.20. The molecule has 0 aliphatic carbocycles. The molecule has 0 bridgehead atoms. The highest BCUT2D eigenvalue weighted by Crippen LogP contribution is 2.15. The smallest absolute Gasteiger partial charge is 0.254 e. The van der Waals surface area contributed by atoms with Gasteiger partial charge in [0.15, 0.2) is 0 Å². The van der Waals surface area contributed by atoms with Gasteiger partial charge in [-0.1, -0.05) is 63.5 Å². The van der Waals surface area contributed by atoms with Crippen molar-refractivity contribution < 1.29 is 0 Å². The summed E-state index contributed by atoms with van der Waals surface area (Å²) in [6.45, 7) is 2.24. The molecule has 0 fully saturated rings. The van der Waals surface area contributed by atoms with Crippen LogP contribution in [0.5, 0.6) is 0 Å². The van der Waals surface area contributed by atoms with Gasteiger partial charge < -0.3 is 4.57 Å². The second-order valence-electron chi connectivity index (χ2n) is 5.28. The van der Waals surface area contributed by atoms with Crippen molar-refractivity contribution in [1.82, 2.24) is 4.57 Å². The van der Waals surface area contributed by atoms with E-state index >= 15 is 0 Å². The average molecular weight is 320 g/mol. The number of halogens is 2. The molecule has 0 atom stereocenters. The minimum atomic E-state index is 0. The number of aromatic nitrogens is 1.